The van der Waals surface area contributed by atoms with Crippen molar-refractivity contribution < 1.29 is 0 Å². The van der Waals surface area contributed by atoms with Crippen LogP contribution in [0.15, 0.2) is 36.7 Å². The summed E-state index contributed by atoms with van der Waals surface area (Å²) in [6, 6.07) is 9.01. The summed E-state index contributed by atoms with van der Waals surface area (Å²) in [5, 5.41) is 2.16. The smallest absolute Gasteiger partial charge is 0.0487 e. The molecule has 2 unspecified atom stereocenters. The van der Waals surface area contributed by atoms with Gasteiger partial charge in [-0.05, 0) is 61.3 Å². The summed E-state index contributed by atoms with van der Waals surface area (Å²) in [5.41, 5.74) is 7.19. The predicted molar refractivity (Wildman–Crippen MR) is 102 cm³/mol. The zero-order valence-electron chi connectivity index (χ0n) is 14.7. The third kappa shape index (κ3) is 2.26. The molecule has 25 heavy (non-hydrogen) atoms. The van der Waals surface area contributed by atoms with Crippen molar-refractivity contribution in [3.63, 3.8) is 0 Å². The highest BCUT2D eigenvalue weighted by atomic mass is 35.5. The second-order valence-electron chi connectivity index (χ2n) is 7.51. The molecular weight excluding hydrogens is 330 g/mol. The molecule has 0 saturated heterocycles. The van der Waals surface area contributed by atoms with Crippen LogP contribution in [0.1, 0.15) is 41.3 Å². The number of likely N-dealkylation sites (N-methyl/N-ethyl adjacent to an activating group) is 1. The molecule has 0 fully saturated rings. The van der Waals surface area contributed by atoms with Gasteiger partial charge in [-0.25, -0.2) is 0 Å². The summed E-state index contributed by atoms with van der Waals surface area (Å²) in [5.74, 6) is 0.600. The number of hydrogen-bond acceptors (Lipinski definition) is 2. The van der Waals surface area contributed by atoms with E-state index in [9.17, 15) is 0 Å². The summed E-state index contributed by atoms with van der Waals surface area (Å²) in [6.07, 6.45) is 6.19. The fraction of sp³-hybridized carbons (Fsp3) is 0.381. The molecule has 0 radical (unpaired) electrons. The number of fused-ring (bicyclic) bond motifs is 4. The summed E-state index contributed by atoms with van der Waals surface area (Å²) in [7, 11) is 2.22. The molecule has 0 bridgehead atoms. The summed E-state index contributed by atoms with van der Waals surface area (Å²) >= 11 is 6.34. The predicted octanol–water partition coefficient (Wildman–Crippen LogP) is 4.58. The highest BCUT2D eigenvalue weighted by Crippen LogP contribution is 2.41. The number of aromatic nitrogens is 2. The van der Waals surface area contributed by atoms with Gasteiger partial charge in [0.05, 0.1) is 0 Å². The molecule has 1 aromatic carbocycles. The van der Waals surface area contributed by atoms with E-state index in [1.165, 1.54) is 33.3 Å². The average Bonchev–Trinajstić information content (AvgIpc) is 2.89. The summed E-state index contributed by atoms with van der Waals surface area (Å²) < 4.78 is 2.57. The van der Waals surface area contributed by atoms with Gasteiger partial charge in [0.2, 0.25) is 0 Å². The fourth-order valence-corrected chi connectivity index (χ4v) is 4.85. The Balaban J connectivity index is 1.64. The maximum Gasteiger partial charge on any atom is 0.0487 e. The van der Waals surface area contributed by atoms with E-state index in [-0.39, 0.29) is 0 Å². The molecule has 3 heterocycles. The molecular formula is C21H22ClN3. The van der Waals surface area contributed by atoms with E-state index in [0.717, 1.165) is 31.0 Å². The largest absolute Gasteiger partial charge is 0.344 e. The molecule has 0 amide bonds. The maximum atomic E-state index is 6.34. The van der Waals surface area contributed by atoms with Gasteiger partial charge in [-0.2, -0.15) is 0 Å². The molecule has 2 aromatic heterocycles. The van der Waals surface area contributed by atoms with Gasteiger partial charge in [-0.1, -0.05) is 11.6 Å². The normalized spacial score (nSPS) is 22.5. The number of hydrogen-bond donors (Lipinski definition) is 0. The van der Waals surface area contributed by atoms with Crippen LogP contribution in [0.3, 0.4) is 0 Å². The lowest BCUT2D eigenvalue weighted by atomic mass is 9.78. The molecule has 2 aliphatic rings. The molecule has 2 atom stereocenters. The van der Waals surface area contributed by atoms with Crippen molar-refractivity contribution in [2.24, 2.45) is 0 Å². The lowest BCUT2D eigenvalue weighted by Crippen LogP contribution is -2.31. The molecule has 1 aliphatic carbocycles. The van der Waals surface area contributed by atoms with Gasteiger partial charge in [0.15, 0.2) is 0 Å². The monoisotopic (exact) mass is 351 g/mol. The van der Waals surface area contributed by atoms with Crippen molar-refractivity contribution in [2.75, 3.05) is 13.6 Å². The van der Waals surface area contributed by atoms with Crippen molar-refractivity contribution >= 4 is 22.5 Å². The lowest BCUT2D eigenvalue weighted by molar-refractivity contribution is 0.245. The Kier molecular flexibility index (Phi) is 3.44. The summed E-state index contributed by atoms with van der Waals surface area (Å²) in [6.45, 7) is 4.48. The third-order valence-electron chi connectivity index (χ3n) is 6.21. The second-order valence-corrected chi connectivity index (χ2v) is 7.95. The van der Waals surface area contributed by atoms with Crippen molar-refractivity contribution in [1.82, 2.24) is 14.5 Å². The van der Waals surface area contributed by atoms with Crippen LogP contribution in [-0.4, -0.2) is 28.0 Å². The Bertz CT molecular complexity index is 975. The van der Waals surface area contributed by atoms with E-state index >= 15 is 0 Å². The number of pyridine rings is 1. The van der Waals surface area contributed by atoms with Gasteiger partial charge >= 0.3 is 0 Å². The first kappa shape index (κ1) is 15.4. The van der Waals surface area contributed by atoms with E-state index in [0.29, 0.717) is 12.0 Å². The zero-order valence-corrected chi connectivity index (χ0v) is 15.4. The molecule has 4 heteroatoms. The maximum absolute atomic E-state index is 6.34. The van der Waals surface area contributed by atoms with Crippen LogP contribution in [0.2, 0.25) is 5.02 Å². The van der Waals surface area contributed by atoms with Gasteiger partial charge in [-0.15, -0.1) is 0 Å². The van der Waals surface area contributed by atoms with Gasteiger partial charge in [0.25, 0.3) is 0 Å². The first-order valence-electron chi connectivity index (χ1n) is 9.07. The van der Waals surface area contributed by atoms with Crippen LogP contribution >= 0.6 is 11.6 Å². The van der Waals surface area contributed by atoms with Crippen molar-refractivity contribution in [3.05, 3.63) is 64.1 Å². The Morgan fingerprint density at radius 1 is 1.28 bits per heavy atom. The molecule has 0 N–H and O–H groups in total. The van der Waals surface area contributed by atoms with Gasteiger partial charge in [0, 0.05) is 65.5 Å². The van der Waals surface area contributed by atoms with E-state index in [4.69, 9.17) is 11.6 Å². The van der Waals surface area contributed by atoms with Crippen LogP contribution < -0.4 is 0 Å². The number of benzene rings is 1. The van der Waals surface area contributed by atoms with Crippen LogP contribution in [-0.2, 0) is 19.4 Å². The lowest BCUT2D eigenvalue weighted by Gasteiger charge is -2.33. The number of halogens is 1. The quantitative estimate of drug-likeness (QED) is 0.674. The molecule has 5 rings (SSSR count). The van der Waals surface area contributed by atoms with Crippen molar-refractivity contribution in [1.29, 1.82) is 0 Å². The van der Waals surface area contributed by atoms with E-state index in [1.807, 2.05) is 18.5 Å². The van der Waals surface area contributed by atoms with Gasteiger partial charge < -0.3 is 4.57 Å². The first-order valence-corrected chi connectivity index (χ1v) is 9.45. The molecule has 3 aromatic rings. The van der Waals surface area contributed by atoms with Crippen molar-refractivity contribution in [3.8, 4) is 0 Å². The molecule has 0 saturated carbocycles. The molecule has 1 aliphatic heterocycles. The van der Waals surface area contributed by atoms with Crippen LogP contribution in [0, 0.1) is 0 Å². The minimum Gasteiger partial charge on any atom is -0.344 e. The molecule has 3 nitrogen and oxygen atoms in total. The third-order valence-corrected chi connectivity index (χ3v) is 6.44. The van der Waals surface area contributed by atoms with Crippen LogP contribution in [0.25, 0.3) is 10.9 Å². The zero-order chi connectivity index (χ0) is 17.1. The standard InChI is InChI=1S/C21H22ClN3/c1-13-21-18-10-16(22)3-4-19(18)25(20(21)6-8-24(13)2)12-15-9-14-11-23-7-5-17(14)15/h3-5,7,10-11,13,15H,6,8-9,12H2,1-2H3. The first-order chi connectivity index (χ1) is 12.1. The molecule has 0 spiro atoms. The Morgan fingerprint density at radius 3 is 3.00 bits per heavy atom. The molecule has 128 valence electrons. The van der Waals surface area contributed by atoms with Crippen LogP contribution in [0.5, 0.6) is 0 Å². The Morgan fingerprint density at radius 2 is 2.16 bits per heavy atom. The second kappa shape index (κ2) is 5.58. The fourth-order valence-electron chi connectivity index (χ4n) is 4.68. The highest BCUT2D eigenvalue weighted by Gasteiger charge is 2.31. The Labute approximate surface area is 153 Å². The minimum atomic E-state index is 0.434. The highest BCUT2D eigenvalue weighted by molar-refractivity contribution is 6.31. The van der Waals surface area contributed by atoms with Gasteiger partial charge in [-0.3, -0.25) is 9.88 Å². The topological polar surface area (TPSA) is 21.1 Å². The Hall–Kier alpha value is -1.84. The minimum absolute atomic E-state index is 0.434. The van der Waals surface area contributed by atoms with E-state index in [2.05, 4.69) is 46.6 Å². The van der Waals surface area contributed by atoms with Gasteiger partial charge in [0.1, 0.15) is 0 Å². The van der Waals surface area contributed by atoms with Crippen molar-refractivity contribution in [2.45, 2.75) is 38.3 Å². The number of rotatable bonds is 2. The average molecular weight is 352 g/mol. The summed E-state index contributed by atoms with van der Waals surface area (Å²) in [4.78, 5) is 6.69. The van der Waals surface area contributed by atoms with E-state index in [1.54, 1.807) is 0 Å². The van der Waals surface area contributed by atoms with Crippen LogP contribution in [0.4, 0.5) is 0 Å². The number of nitrogens with zero attached hydrogens (tertiary/aromatic N) is 3. The van der Waals surface area contributed by atoms with E-state index < -0.39 is 0 Å². The SMILES string of the molecule is CC1c2c(n(CC3Cc4cnccc43)c3ccc(Cl)cc23)CCN1C.